The molecule has 1 aliphatic rings. The van der Waals surface area contributed by atoms with Gasteiger partial charge in [-0.2, -0.15) is 0 Å². The number of ether oxygens (including phenoxy) is 1. The molecule has 0 saturated carbocycles. The number of amides is 1. The molecule has 1 aromatic heterocycles. The number of nitrogens with zero attached hydrogens (tertiary/aromatic N) is 3. The van der Waals surface area contributed by atoms with Crippen molar-refractivity contribution < 1.29 is 9.53 Å². The molecule has 6 nitrogen and oxygen atoms in total. The SMILES string of the molecule is O=C(Nc1ccc(-c2ccnc(Cc3ccc(N4CCOCC4)cc3)n2)cc1)c1ccc(Cl)cc1. The summed E-state index contributed by atoms with van der Waals surface area (Å²) in [5.41, 5.74) is 5.45. The second-order valence-corrected chi connectivity index (χ2v) is 8.78. The van der Waals surface area contributed by atoms with Crippen LogP contribution < -0.4 is 10.2 Å². The zero-order chi connectivity index (χ0) is 24.0. The highest BCUT2D eigenvalue weighted by atomic mass is 35.5. The molecule has 2 heterocycles. The molecule has 176 valence electrons. The van der Waals surface area contributed by atoms with Gasteiger partial charge in [0.05, 0.1) is 18.9 Å². The second-order valence-electron chi connectivity index (χ2n) is 8.34. The highest BCUT2D eigenvalue weighted by Gasteiger charge is 2.11. The van der Waals surface area contributed by atoms with Gasteiger partial charge in [0.15, 0.2) is 0 Å². The lowest BCUT2D eigenvalue weighted by molar-refractivity contribution is 0.102. The number of halogens is 1. The Labute approximate surface area is 209 Å². The Kier molecular flexibility index (Phi) is 7.02. The molecule has 0 aliphatic carbocycles. The van der Waals surface area contributed by atoms with E-state index in [9.17, 15) is 4.79 Å². The van der Waals surface area contributed by atoms with E-state index in [1.165, 1.54) is 11.3 Å². The van der Waals surface area contributed by atoms with Crippen LogP contribution in [0.4, 0.5) is 11.4 Å². The third kappa shape index (κ3) is 5.85. The van der Waals surface area contributed by atoms with Crippen LogP contribution in [-0.4, -0.2) is 42.2 Å². The maximum Gasteiger partial charge on any atom is 0.255 e. The summed E-state index contributed by atoms with van der Waals surface area (Å²) in [5.74, 6) is 0.583. The maximum atomic E-state index is 12.4. The van der Waals surface area contributed by atoms with Crippen LogP contribution >= 0.6 is 11.6 Å². The van der Waals surface area contributed by atoms with Gasteiger partial charge in [-0.3, -0.25) is 4.79 Å². The van der Waals surface area contributed by atoms with E-state index in [1.54, 1.807) is 30.5 Å². The molecule has 35 heavy (non-hydrogen) atoms. The van der Waals surface area contributed by atoms with Crippen molar-refractivity contribution in [2.45, 2.75) is 6.42 Å². The monoisotopic (exact) mass is 484 g/mol. The van der Waals surface area contributed by atoms with Crippen LogP contribution in [0.5, 0.6) is 0 Å². The molecule has 7 heteroatoms. The third-order valence-corrected chi connectivity index (χ3v) is 6.18. The van der Waals surface area contributed by atoms with Crippen molar-refractivity contribution in [2.24, 2.45) is 0 Å². The van der Waals surface area contributed by atoms with Gasteiger partial charge >= 0.3 is 0 Å². The maximum absolute atomic E-state index is 12.4. The van der Waals surface area contributed by atoms with E-state index in [1.807, 2.05) is 30.3 Å². The molecule has 1 aliphatic heterocycles. The first-order valence-corrected chi connectivity index (χ1v) is 11.9. The molecule has 0 radical (unpaired) electrons. The summed E-state index contributed by atoms with van der Waals surface area (Å²) in [5, 5.41) is 3.50. The quantitative estimate of drug-likeness (QED) is 0.392. The van der Waals surface area contributed by atoms with Crippen LogP contribution in [0.1, 0.15) is 21.7 Å². The number of nitrogens with one attached hydrogen (secondary N) is 1. The van der Waals surface area contributed by atoms with Gasteiger partial charge in [0.1, 0.15) is 5.82 Å². The molecule has 0 bridgehead atoms. The van der Waals surface area contributed by atoms with Crippen LogP contribution in [0.15, 0.2) is 85.1 Å². The number of hydrogen-bond acceptors (Lipinski definition) is 5. The van der Waals surface area contributed by atoms with E-state index in [0.29, 0.717) is 22.7 Å². The van der Waals surface area contributed by atoms with E-state index in [2.05, 4.69) is 39.5 Å². The van der Waals surface area contributed by atoms with Crippen molar-refractivity contribution in [3.63, 3.8) is 0 Å². The normalized spacial score (nSPS) is 13.5. The van der Waals surface area contributed by atoms with Gasteiger partial charge in [-0.25, -0.2) is 9.97 Å². The summed E-state index contributed by atoms with van der Waals surface area (Å²) in [7, 11) is 0. The Hall–Kier alpha value is -3.74. The number of morpholine rings is 1. The van der Waals surface area contributed by atoms with Crippen LogP contribution in [0.25, 0.3) is 11.3 Å². The predicted molar refractivity (Wildman–Crippen MR) is 139 cm³/mol. The number of rotatable bonds is 6. The first-order valence-electron chi connectivity index (χ1n) is 11.5. The highest BCUT2D eigenvalue weighted by Crippen LogP contribution is 2.22. The number of carbonyl (C=O) groups excluding carboxylic acids is 1. The van der Waals surface area contributed by atoms with Gasteiger partial charge in [-0.05, 0) is 60.2 Å². The summed E-state index contributed by atoms with van der Waals surface area (Å²) in [4.78, 5) is 24.0. The Morgan fingerprint density at radius 2 is 1.63 bits per heavy atom. The number of aromatic nitrogens is 2. The van der Waals surface area contributed by atoms with Crippen LogP contribution in [0.2, 0.25) is 5.02 Å². The molecular formula is C28H25ClN4O2. The van der Waals surface area contributed by atoms with Gasteiger partial charge < -0.3 is 15.0 Å². The number of benzene rings is 3. The van der Waals surface area contributed by atoms with Crippen molar-refractivity contribution >= 4 is 28.9 Å². The van der Waals surface area contributed by atoms with Crippen molar-refractivity contribution in [1.29, 1.82) is 0 Å². The van der Waals surface area contributed by atoms with Gasteiger partial charge in [-0.1, -0.05) is 35.9 Å². The molecule has 3 aromatic carbocycles. The lowest BCUT2D eigenvalue weighted by Crippen LogP contribution is -2.36. The zero-order valence-corrected chi connectivity index (χ0v) is 19.9. The fraction of sp³-hybridized carbons (Fsp3) is 0.179. The van der Waals surface area contributed by atoms with E-state index in [0.717, 1.165) is 43.4 Å². The van der Waals surface area contributed by atoms with E-state index in [-0.39, 0.29) is 5.91 Å². The number of carbonyl (C=O) groups is 1. The van der Waals surface area contributed by atoms with Crippen molar-refractivity contribution in [2.75, 3.05) is 36.5 Å². The van der Waals surface area contributed by atoms with E-state index in [4.69, 9.17) is 21.3 Å². The first-order chi connectivity index (χ1) is 17.1. The highest BCUT2D eigenvalue weighted by molar-refractivity contribution is 6.30. The number of anilines is 2. The minimum absolute atomic E-state index is 0.182. The molecule has 0 unspecified atom stereocenters. The summed E-state index contributed by atoms with van der Waals surface area (Å²) in [6.45, 7) is 3.40. The first kappa shape index (κ1) is 23.0. The Bertz CT molecular complexity index is 1290. The largest absolute Gasteiger partial charge is 0.378 e. The molecule has 1 fully saturated rings. The zero-order valence-electron chi connectivity index (χ0n) is 19.2. The Morgan fingerprint density at radius 1 is 0.914 bits per heavy atom. The van der Waals surface area contributed by atoms with Crippen molar-refractivity contribution in [3.05, 3.63) is 107 Å². The van der Waals surface area contributed by atoms with Gasteiger partial charge in [0, 0.05) is 53.2 Å². The molecule has 5 rings (SSSR count). The van der Waals surface area contributed by atoms with Gasteiger partial charge in [-0.15, -0.1) is 0 Å². The summed E-state index contributed by atoms with van der Waals surface area (Å²) in [6, 6.07) is 24.9. The molecule has 0 atom stereocenters. The molecule has 0 spiro atoms. The molecule has 1 amide bonds. The molecule has 1 saturated heterocycles. The lowest BCUT2D eigenvalue weighted by atomic mass is 10.1. The van der Waals surface area contributed by atoms with Gasteiger partial charge in [0.25, 0.3) is 5.91 Å². The van der Waals surface area contributed by atoms with Crippen LogP contribution in [-0.2, 0) is 11.2 Å². The third-order valence-electron chi connectivity index (χ3n) is 5.93. The topological polar surface area (TPSA) is 67.4 Å². The number of hydrogen-bond donors (Lipinski definition) is 1. The minimum Gasteiger partial charge on any atom is -0.378 e. The predicted octanol–water partition coefficient (Wildman–Crippen LogP) is 5.48. The van der Waals surface area contributed by atoms with Crippen molar-refractivity contribution in [1.82, 2.24) is 9.97 Å². The van der Waals surface area contributed by atoms with Crippen LogP contribution in [0.3, 0.4) is 0 Å². The molecule has 1 N–H and O–H groups in total. The fourth-order valence-corrected chi connectivity index (χ4v) is 4.13. The second kappa shape index (κ2) is 10.7. The van der Waals surface area contributed by atoms with Gasteiger partial charge in [0.2, 0.25) is 0 Å². The lowest BCUT2D eigenvalue weighted by Gasteiger charge is -2.28. The minimum atomic E-state index is -0.182. The summed E-state index contributed by atoms with van der Waals surface area (Å²) < 4.78 is 5.44. The average molecular weight is 485 g/mol. The van der Waals surface area contributed by atoms with E-state index < -0.39 is 0 Å². The average Bonchev–Trinajstić information content (AvgIpc) is 2.91. The summed E-state index contributed by atoms with van der Waals surface area (Å²) in [6.07, 6.45) is 2.45. The molecule has 4 aromatic rings. The Morgan fingerprint density at radius 3 is 2.34 bits per heavy atom. The fourth-order valence-electron chi connectivity index (χ4n) is 4.00. The summed E-state index contributed by atoms with van der Waals surface area (Å²) >= 11 is 5.90. The van der Waals surface area contributed by atoms with Crippen LogP contribution in [0, 0.1) is 0 Å². The smallest absolute Gasteiger partial charge is 0.255 e. The standard InChI is InChI=1S/C28H25ClN4O2/c29-23-7-3-22(4-8-23)28(34)31-24-9-5-21(6-10-24)26-13-14-30-27(32-26)19-20-1-11-25(12-2-20)33-15-17-35-18-16-33/h1-14H,15-19H2,(H,31,34). The van der Waals surface area contributed by atoms with E-state index >= 15 is 0 Å². The Balaban J connectivity index is 1.23. The van der Waals surface area contributed by atoms with Crippen molar-refractivity contribution in [3.8, 4) is 11.3 Å². The molecular weight excluding hydrogens is 460 g/mol.